The van der Waals surface area contributed by atoms with Crippen LogP contribution in [0.4, 0.5) is 26.3 Å². The van der Waals surface area contributed by atoms with E-state index < -0.39 is 50.4 Å². The summed E-state index contributed by atoms with van der Waals surface area (Å²) in [6.45, 7) is 0.907. The molecular weight excluding hydrogens is 386 g/mol. The molecule has 0 aliphatic rings. The van der Waals surface area contributed by atoms with Gasteiger partial charge in [0, 0.05) is 0 Å². The van der Waals surface area contributed by atoms with Crippen molar-refractivity contribution in [3.05, 3.63) is 23.3 Å². The Balaban J connectivity index is 3.71. The third-order valence-corrected chi connectivity index (χ3v) is 3.51. The summed E-state index contributed by atoms with van der Waals surface area (Å²) in [6.07, 6.45) is -5.35. The zero-order valence-corrected chi connectivity index (χ0v) is 13.3. The molecule has 0 saturated carbocycles. The molecule has 13 heteroatoms. The van der Waals surface area contributed by atoms with Gasteiger partial charge in [-0.05, 0) is 19.1 Å². The third kappa shape index (κ3) is 4.67. The van der Waals surface area contributed by atoms with Crippen LogP contribution in [0.1, 0.15) is 22.8 Å². The summed E-state index contributed by atoms with van der Waals surface area (Å²) in [5, 5.41) is 0. The molecule has 0 N–H and O–H groups in total. The summed E-state index contributed by atoms with van der Waals surface area (Å²) in [5.74, 6) is -4.01. The van der Waals surface area contributed by atoms with Gasteiger partial charge >= 0.3 is 27.8 Å². The Kier molecular flexibility index (Phi) is 5.82. The standard InChI is InChI=1S/C12H10F6O6S/c1-3-23-8-5-6(10(19)22-2)4-7(11(13,14)15)9(8)24-25(20,21)12(16,17)18/h4-5H,3H2,1-2H3. The fourth-order valence-corrected chi connectivity index (χ4v) is 2.04. The van der Waals surface area contributed by atoms with Crippen LogP contribution in [0.5, 0.6) is 11.5 Å². The largest absolute Gasteiger partial charge is 0.534 e. The molecule has 0 aromatic heterocycles. The monoisotopic (exact) mass is 396 g/mol. The fourth-order valence-electron chi connectivity index (χ4n) is 1.55. The lowest BCUT2D eigenvalue weighted by molar-refractivity contribution is -0.138. The fraction of sp³-hybridized carbons (Fsp3) is 0.417. The lowest BCUT2D eigenvalue weighted by Gasteiger charge is -2.19. The van der Waals surface area contributed by atoms with Gasteiger partial charge in [-0.25, -0.2) is 4.79 Å². The van der Waals surface area contributed by atoms with Crippen molar-refractivity contribution >= 4 is 16.1 Å². The van der Waals surface area contributed by atoms with Crippen LogP contribution in [-0.4, -0.2) is 33.6 Å². The number of carbonyl (C=O) groups is 1. The van der Waals surface area contributed by atoms with Crippen molar-refractivity contribution in [1.29, 1.82) is 0 Å². The number of benzene rings is 1. The zero-order valence-electron chi connectivity index (χ0n) is 12.5. The molecule has 1 aromatic carbocycles. The van der Waals surface area contributed by atoms with Gasteiger partial charge in [0.05, 0.1) is 19.3 Å². The lowest BCUT2D eigenvalue weighted by Crippen LogP contribution is -2.29. The molecule has 0 radical (unpaired) electrons. The van der Waals surface area contributed by atoms with Crippen LogP contribution in [0.2, 0.25) is 0 Å². The van der Waals surface area contributed by atoms with Gasteiger partial charge in [0.25, 0.3) is 0 Å². The van der Waals surface area contributed by atoms with Gasteiger partial charge in [0.2, 0.25) is 0 Å². The van der Waals surface area contributed by atoms with Crippen LogP contribution < -0.4 is 8.92 Å². The summed E-state index contributed by atoms with van der Waals surface area (Å²) >= 11 is 0. The number of hydrogen-bond donors (Lipinski definition) is 0. The Hall–Kier alpha value is -2.18. The molecule has 0 heterocycles. The first-order valence-corrected chi connectivity index (χ1v) is 7.62. The smallest absolute Gasteiger partial charge is 0.490 e. The minimum atomic E-state index is -6.41. The summed E-state index contributed by atoms with van der Waals surface area (Å²) in [7, 11) is -5.55. The van der Waals surface area contributed by atoms with Crippen LogP contribution in [0, 0.1) is 0 Å². The van der Waals surface area contributed by atoms with Gasteiger partial charge in [-0.2, -0.15) is 34.8 Å². The number of methoxy groups -OCH3 is 1. The first-order valence-electron chi connectivity index (χ1n) is 6.21. The van der Waals surface area contributed by atoms with Gasteiger partial charge in [0.1, 0.15) is 5.56 Å². The van der Waals surface area contributed by atoms with Crippen LogP contribution in [0.25, 0.3) is 0 Å². The second kappa shape index (κ2) is 6.98. The number of hydrogen-bond acceptors (Lipinski definition) is 6. The number of halogens is 6. The minimum Gasteiger partial charge on any atom is -0.490 e. The number of esters is 1. The molecule has 25 heavy (non-hydrogen) atoms. The van der Waals surface area contributed by atoms with Crippen LogP contribution >= 0.6 is 0 Å². The molecule has 6 nitrogen and oxygen atoms in total. The molecule has 0 spiro atoms. The van der Waals surface area contributed by atoms with E-state index in [1.807, 2.05) is 0 Å². The molecule has 0 atom stereocenters. The molecule has 0 bridgehead atoms. The molecule has 1 rings (SSSR count). The maximum atomic E-state index is 13.1. The van der Waals surface area contributed by atoms with E-state index in [4.69, 9.17) is 4.74 Å². The summed E-state index contributed by atoms with van der Waals surface area (Å²) in [5.41, 5.74) is -8.65. The lowest BCUT2D eigenvalue weighted by atomic mass is 10.1. The summed E-state index contributed by atoms with van der Waals surface area (Å²) in [4.78, 5) is 11.4. The Morgan fingerprint density at radius 3 is 2.08 bits per heavy atom. The molecule has 0 unspecified atom stereocenters. The van der Waals surface area contributed by atoms with E-state index >= 15 is 0 Å². The van der Waals surface area contributed by atoms with E-state index in [1.165, 1.54) is 6.92 Å². The second-order valence-electron chi connectivity index (χ2n) is 4.26. The van der Waals surface area contributed by atoms with E-state index in [1.54, 1.807) is 0 Å². The molecule has 1 aromatic rings. The van der Waals surface area contributed by atoms with Crippen LogP contribution in [0.15, 0.2) is 12.1 Å². The summed E-state index contributed by atoms with van der Waals surface area (Å²) < 4.78 is 111. The number of carbonyl (C=O) groups excluding carboxylic acids is 1. The zero-order chi connectivity index (χ0) is 19.6. The van der Waals surface area contributed by atoms with Crippen molar-refractivity contribution in [3.8, 4) is 11.5 Å². The average molecular weight is 396 g/mol. The Morgan fingerprint density at radius 1 is 1.12 bits per heavy atom. The van der Waals surface area contributed by atoms with Crippen LogP contribution in [0.3, 0.4) is 0 Å². The third-order valence-electron chi connectivity index (χ3n) is 2.56. The Labute approximate surface area is 137 Å². The normalized spacial score (nSPS) is 12.6. The molecular formula is C12H10F6O6S. The predicted molar refractivity (Wildman–Crippen MR) is 69.6 cm³/mol. The average Bonchev–Trinajstić information content (AvgIpc) is 2.45. The Bertz CT molecular complexity index is 753. The van der Waals surface area contributed by atoms with Crippen LogP contribution in [-0.2, 0) is 21.0 Å². The molecule has 0 aliphatic carbocycles. The molecule has 0 aliphatic heterocycles. The van der Waals surface area contributed by atoms with E-state index in [-0.39, 0.29) is 12.7 Å². The van der Waals surface area contributed by atoms with Crippen molar-refractivity contribution < 1.29 is 53.2 Å². The van der Waals surface area contributed by atoms with Gasteiger partial charge in [-0.1, -0.05) is 0 Å². The van der Waals surface area contributed by atoms with Crippen molar-refractivity contribution in [1.82, 2.24) is 0 Å². The van der Waals surface area contributed by atoms with Gasteiger partial charge < -0.3 is 13.7 Å². The topological polar surface area (TPSA) is 78.9 Å². The van der Waals surface area contributed by atoms with Crippen molar-refractivity contribution in [2.45, 2.75) is 18.6 Å². The van der Waals surface area contributed by atoms with Crippen molar-refractivity contribution in [3.63, 3.8) is 0 Å². The first-order chi connectivity index (χ1) is 11.2. The van der Waals surface area contributed by atoms with E-state index in [2.05, 4.69) is 8.92 Å². The highest BCUT2D eigenvalue weighted by molar-refractivity contribution is 7.88. The quantitative estimate of drug-likeness (QED) is 0.329. The number of alkyl halides is 6. The first kappa shape index (κ1) is 20.9. The maximum absolute atomic E-state index is 13.1. The van der Waals surface area contributed by atoms with Crippen molar-refractivity contribution in [2.24, 2.45) is 0 Å². The van der Waals surface area contributed by atoms with E-state index in [9.17, 15) is 39.6 Å². The highest BCUT2D eigenvalue weighted by atomic mass is 32.2. The van der Waals surface area contributed by atoms with Gasteiger partial charge in [0.15, 0.2) is 11.5 Å². The van der Waals surface area contributed by atoms with E-state index in [0.29, 0.717) is 6.07 Å². The molecule has 0 fully saturated rings. The minimum absolute atomic E-state index is 0.0928. The van der Waals surface area contributed by atoms with E-state index in [0.717, 1.165) is 7.11 Å². The van der Waals surface area contributed by atoms with Gasteiger partial charge in [-0.15, -0.1) is 0 Å². The highest BCUT2D eigenvalue weighted by Crippen LogP contribution is 2.44. The highest BCUT2D eigenvalue weighted by Gasteiger charge is 2.50. The molecule has 0 saturated heterocycles. The molecule has 142 valence electrons. The summed E-state index contributed by atoms with van der Waals surface area (Å²) in [6, 6.07) is 0.668. The van der Waals surface area contributed by atoms with Gasteiger partial charge in [-0.3, -0.25) is 0 Å². The van der Waals surface area contributed by atoms with Crippen molar-refractivity contribution in [2.75, 3.05) is 13.7 Å². The number of ether oxygens (including phenoxy) is 2. The molecule has 0 amide bonds. The Morgan fingerprint density at radius 2 is 1.68 bits per heavy atom. The number of rotatable bonds is 5. The SMILES string of the molecule is CCOc1cc(C(=O)OC)cc(C(F)(F)F)c1OS(=O)(=O)C(F)(F)F. The second-order valence-corrected chi connectivity index (χ2v) is 5.79. The predicted octanol–water partition coefficient (Wildman–Crippen LogP) is 3.12. The maximum Gasteiger partial charge on any atom is 0.534 e.